The second-order valence-electron chi connectivity index (χ2n) is 8.63. The van der Waals surface area contributed by atoms with Crippen molar-refractivity contribution in [2.45, 2.75) is 51.9 Å². The van der Waals surface area contributed by atoms with Gasteiger partial charge >= 0.3 is 5.97 Å². The maximum Gasteiger partial charge on any atom is 0.343 e. The van der Waals surface area contributed by atoms with Crippen molar-refractivity contribution < 1.29 is 19.6 Å². The van der Waals surface area contributed by atoms with Crippen LogP contribution in [-0.4, -0.2) is 32.1 Å². The lowest BCUT2D eigenvalue weighted by atomic mass is 9.86. The molecule has 2 aliphatic heterocycles. The molecule has 0 amide bonds. The molecule has 4 heterocycles. The molecule has 10 nitrogen and oxygen atoms in total. The summed E-state index contributed by atoms with van der Waals surface area (Å²) in [5.41, 5.74) is 0.768. The van der Waals surface area contributed by atoms with Crippen molar-refractivity contribution in [2.75, 3.05) is 11.9 Å². The predicted octanol–water partition coefficient (Wildman–Crippen LogP) is 3.20. The molecule has 34 heavy (non-hydrogen) atoms. The lowest BCUT2D eigenvalue weighted by Gasteiger charge is -2.31. The van der Waals surface area contributed by atoms with Gasteiger partial charge < -0.3 is 19.7 Å². The van der Waals surface area contributed by atoms with Gasteiger partial charge in [0.15, 0.2) is 5.60 Å². The van der Waals surface area contributed by atoms with Crippen LogP contribution in [0.4, 0.5) is 11.4 Å². The van der Waals surface area contributed by atoms with Gasteiger partial charge in [0.05, 0.1) is 39.6 Å². The largest absolute Gasteiger partial charge is 0.458 e. The van der Waals surface area contributed by atoms with Crippen LogP contribution in [0.15, 0.2) is 29.1 Å². The number of nitrogens with one attached hydrogen (secondary N) is 1. The Bertz CT molecular complexity index is 1430. The van der Waals surface area contributed by atoms with E-state index in [1.807, 2.05) is 0 Å². The van der Waals surface area contributed by atoms with Gasteiger partial charge in [-0.1, -0.05) is 26.3 Å². The first-order valence-corrected chi connectivity index (χ1v) is 11.3. The number of aliphatic hydroxyl groups is 1. The number of rotatable bonds is 6. The second-order valence-corrected chi connectivity index (χ2v) is 8.63. The Balaban J connectivity index is 1.80. The van der Waals surface area contributed by atoms with Crippen LogP contribution in [-0.2, 0) is 28.3 Å². The molecule has 1 aromatic carbocycles. The zero-order valence-corrected chi connectivity index (χ0v) is 18.9. The van der Waals surface area contributed by atoms with Crippen LogP contribution in [0.2, 0.25) is 0 Å². The quantitative estimate of drug-likeness (QED) is 0.192. The highest BCUT2D eigenvalue weighted by atomic mass is 16.6. The molecule has 10 heteroatoms. The van der Waals surface area contributed by atoms with Gasteiger partial charge in [0.25, 0.3) is 11.2 Å². The Morgan fingerprint density at radius 1 is 1.29 bits per heavy atom. The first-order chi connectivity index (χ1) is 16.3. The minimum absolute atomic E-state index is 0.0513. The van der Waals surface area contributed by atoms with E-state index in [1.54, 1.807) is 25.1 Å². The topological polar surface area (TPSA) is 137 Å². The summed E-state index contributed by atoms with van der Waals surface area (Å²) in [6, 6.07) is 6.36. The van der Waals surface area contributed by atoms with Gasteiger partial charge in [0.1, 0.15) is 12.0 Å². The van der Waals surface area contributed by atoms with Gasteiger partial charge in [-0.25, -0.2) is 9.78 Å². The zero-order valence-electron chi connectivity index (χ0n) is 18.9. The van der Waals surface area contributed by atoms with Gasteiger partial charge in [-0.3, -0.25) is 14.9 Å². The number of carbonyl (C=O) groups is 1. The summed E-state index contributed by atoms with van der Waals surface area (Å²) >= 11 is 0. The molecule has 1 atom stereocenters. The number of cyclic esters (lactones) is 1. The monoisotopic (exact) mass is 464 g/mol. The average Bonchev–Trinajstić information content (AvgIpc) is 3.20. The van der Waals surface area contributed by atoms with Crippen molar-refractivity contribution in [3.8, 4) is 11.4 Å². The Labute approximate surface area is 194 Å². The van der Waals surface area contributed by atoms with Gasteiger partial charge in [-0.15, -0.1) is 0 Å². The van der Waals surface area contributed by atoms with Crippen LogP contribution >= 0.6 is 0 Å². The Morgan fingerprint density at radius 2 is 2.09 bits per heavy atom. The first kappa shape index (κ1) is 22.0. The Morgan fingerprint density at radius 3 is 2.79 bits per heavy atom. The summed E-state index contributed by atoms with van der Waals surface area (Å²) in [5.74, 6) is -0.783. The van der Waals surface area contributed by atoms with Crippen molar-refractivity contribution >= 4 is 28.2 Å². The second kappa shape index (κ2) is 7.91. The number of anilines is 1. The third kappa shape index (κ3) is 3.02. The molecule has 2 N–H and O–H groups in total. The minimum Gasteiger partial charge on any atom is -0.458 e. The molecule has 2 aromatic heterocycles. The Hall–Kier alpha value is -3.79. The van der Waals surface area contributed by atoms with Crippen molar-refractivity contribution in [3.05, 3.63) is 61.4 Å². The van der Waals surface area contributed by atoms with Crippen LogP contribution < -0.4 is 10.9 Å². The summed E-state index contributed by atoms with van der Waals surface area (Å²) in [5, 5.41) is 26.6. The molecule has 0 unspecified atom stereocenters. The number of unbranched alkanes of at least 4 members (excludes halogenated alkanes) is 1. The number of non-ortho nitro benzene ring substituents is 1. The fraction of sp³-hybridized carbons (Fsp3) is 0.375. The summed E-state index contributed by atoms with van der Waals surface area (Å²) < 4.78 is 6.65. The fourth-order valence-corrected chi connectivity index (χ4v) is 4.85. The number of pyridine rings is 2. The standard InChI is InChI=1S/C24H24N4O6/c1-3-5-9-25-21-13-11-27-18(20(13)26-16-7-6-8-17(19(16)21)28(32)33)10-15-14(22(27)29)12-34-23(30)24(15,31)4-2/h6-8,10,31H,3-5,9,11-12H2,1-2H3,(H,25,26)/t24-/m0/s1. The van der Waals surface area contributed by atoms with E-state index in [1.165, 1.54) is 10.6 Å². The summed E-state index contributed by atoms with van der Waals surface area (Å²) in [7, 11) is 0. The molecule has 5 rings (SSSR count). The highest BCUT2D eigenvalue weighted by Crippen LogP contribution is 2.43. The number of aromatic nitrogens is 2. The number of hydrogen-bond donors (Lipinski definition) is 2. The molecule has 0 radical (unpaired) electrons. The van der Waals surface area contributed by atoms with E-state index in [-0.39, 0.29) is 41.9 Å². The normalized spacial score (nSPS) is 18.3. The Kier molecular flexibility index (Phi) is 5.12. The number of carbonyl (C=O) groups excluding carboxylic acids is 1. The number of nitro benzene ring substituents is 1. The minimum atomic E-state index is -1.91. The number of ether oxygens (including phenoxy) is 1. The summed E-state index contributed by atoms with van der Waals surface area (Å²) in [6.07, 6.45) is 1.86. The molecule has 0 bridgehead atoms. The van der Waals surface area contributed by atoms with Crippen molar-refractivity contribution in [1.82, 2.24) is 9.55 Å². The molecule has 3 aromatic rings. The number of hydrogen-bond acceptors (Lipinski definition) is 8. The predicted molar refractivity (Wildman–Crippen MR) is 125 cm³/mol. The van der Waals surface area contributed by atoms with E-state index in [0.29, 0.717) is 40.1 Å². The summed E-state index contributed by atoms with van der Waals surface area (Å²) in [6.45, 7) is 4.26. The molecule has 2 aliphatic rings. The number of benzene rings is 1. The highest BCUT2D eigenvalue weighted by Gasteiger charge is 2.45. The molecular weight excluding hydrogens is 440 g/mol. The third-order valence-electron chi connectivity index (χ3n) is 6.72. The van der Waals surface area contributed by atoms with E-state index < -0.39 is 16.5 Å². The molecule has 0 saturated carbocycles. The summed E-state index contributed by atoms with van der Waals surface area (Å²) in [4.78, 5) is 41.9. The average molecular weight is 464 g/mol. The highest BCUT2D eigenvalue weighted by molar-refractivity contribution is 6.02. The van der Waals surface area contributed by atoms with Gasteiger partial charge in [0, 0.05) is 23.7 Å². The first-order valence-electron chi connectivity index (χ1n) is 11.3. The zero-order chi connectivity index (χ0) is 24.2. The van der Waals surface area contributed by atoms with Gasteiger partial charge in [-0.2, -0.15) is 0 Å². The van der Waals surface area contributed by atoms with Crippen molar-refractivity contribution in [2.24, 2.45) is 0 Å². The third-order valence-corrected chi connectivity index (χ3v) is 6.72. The van der Waals surface area contributed by atoms with E-state index in [4.69, 9.17) is 9.72 Å². The van der Waals surface area contributed by atoms with E-state index >= 15 is 0 Å². The lowest BCUT2D eigenvalue weighted by Crippen LogP contribution is -2.44. The fourth-order valence-electron chi connectivity index (χ4n) is 4.85. The van der Waals surface area contributed by atoms with Gasteiger partial charge in [-0.05, 0) is 25.0 Å². The molecule has 176 valence electrons. The number of nitro groups is 1. The smallest absolute Gasteiger partial charge is 0.343 e. The van der Waals surface area contributed by atoms with Crippen LogP contribution in [0, 0.1) is 10.1 Å². The van der Waals surface area contributed by atoms with Gasteiger partial charge in [0.2, 0.25) is 0 Å². The molecule has 0 saturated heterocycles. The number of nitrogens with zero attached hydrogens (tertiary/aromatic N) is 3. The van der Waals surface area contributed by atoms with Crippen molar-refractivity contribution in [1.29, 1.82) is 0 Å². The number of esters is 1. The molecular formula is C24H24N4O6. The van der Waals surface area contributed by atoms with E-state index in [0.717, 1.165) is 12.8 Å². The maximum absolute atomic E-state index is 13.4. The van der Waals surface area contributed by atoms with Crippen LogP contribution in [0.3, 0.4) is 0 Å². The number of fused-ring (bicyclic) bond motifs is 5. The van der Waals surface area contributed by atoms with Crippen LogP contribution in [0.25, 0.3) is 22.3 Å². The van der Waals surface area contributed by atoms with Crippen LogP contribution in [0.5, 0.6) is 0 Å². The van der Waals surface area contributed by atoms with E-state index in [9.17, 15) is 24.8 Å². The molecule has 0 fully saturated rings. The lowest BCUT2D eigenvalue weighted by molar-refractivity contribution is -0.383. The van der Waals surface area contributed by atoms with E-state index in [2.05, 4.69) is 12.2 Å². The maximum atomic E-state index is 13.4. The molecule has 0 spiro atoms. The van der Waals surface area contributed by atoms with Crippen LogP contribution in [0.1, 0.15) is 49.8 Å². The molecule has 0 aliphatic carbocycles. The van der Waals surface area contributed by atoms with Crippen molar-refractivity contribution in [3.63, 3.8) is 0 Å². The SMILES string of the molecule is CCCCNc1c2c(nc3cccc([N+](=O)[O-])c13)-c1cc3c(c(=O)n1C2)COC(=O)[C@]3(O)CC.